The van der Waals surface area contributed by atoms with E-state index in [9.17, 15) is 4.79 Å². The van der Waals surface area contributed by atoms with E-state index in [1.807, 2.05) is 35.0 Å². The highest BCUT2D eigenvalue weighted by Crippen LogP contribution is 2.15. The number of hydrogen-bond donors (Lipinski definition) is 1. The maximum Gasteiger partial charge on any atom is 0.328 e. The van der Waals surface area contributed by atoms with Crippen molar-refractivity contribution in [3.05, 3.63) is 59.4 Å². The Hall–Kier alpha value is -2.20. The van der Waals surface area contributed by atoms with E-state index in [-0.39, 0.29) is 0 Å². The summed E-state index contributed by atoms with van der Waals surface area (Å²) in [5, 5.41) is 9.32. The van der Waals surface area contributed by atoms with Gasteiger partial charge in [0.05, 0.1) is 6.61 Å². The SMILES string of the molecule is O=C(O)/C=C/c1cccn1CCCOc1ccc(Cl)cc1. The van der Waals surface area contributed by atoms with Gasteiger partial charge in [0.1, 0.15) is 5.75 Å². The van der Waals surface area contributed by atoms with Crippen LogP contribution in [-0.4, -0.2) is 22.2 Å². The number of hydrogen-bond acceptors (Lipinski definition) is 2. The predicted molar refractivity (Wildman–Crippen MR) is 82.7 cm³/mol. The van der Waals surface area contributed by atoms with E-state index < -0.39 is 5.97 Å². The van der Waals surface area contributed by atoms with Crippen LogP contribution in [0.4, 0.5) is 0 Å². The molecule has 1 heterocycles. The Bertz CT molecular complexity index is 617. The van der Waals surface area contributed by atoms with Crippen LogP contribution in [0.5, 0.6) is 5.75 Å². The van der Waals surface area contributed by atoms with Crippen LogP contribution in [0.3, 0.4) is 0 Å². The van der Waals surface area contributed by atoms with E-state index in [1.54, 1.807) is 18.2 Å². The molecule has 0 aliphatic carbocycles. The Kier molecular flexibility index (Phi) is 5.46. The Morgan fingerprint density at radius 1 is 1.29 bits per heavy atom. The molecule has 0 spiro atoms. The first-order valence-electron chi connectivity index (χ1n) is 6.59. The molecule has 1 aromatic carbocycles. The fourth-order valence-corrected chi connectivity index (χ4v) is 2.02. The molecule has 1 aromatic heterocycles. The first-order valence-corrected chi connectivity index (χ1v) is 6.97. The first kappa shape index (κ1) is 15.2. The molecule has 0 amide bonds. The second-order valence-corrected chi connectivity index (χ2v) is 4.89. The lowest BCUT2D eigenvalue weighted by Crippen LogP contribution is -2.05. The second kappa shape index (κ2) is 7.55. The molecule has 4 nitrogen and oxygen atoms in total. The Morgan fingerprint density at radius 2 is 2.05 bits per heavy atom. The summed E-state index contributed by atoms with van der Waals surface area (Å²) in [6, 6.07) is 11.0. The number of aromatic nitrogens is 1. The molecule has 0 aliphatic rings. The first-order chi connectivity index (χ1) is 10.1. The van der Waals surface area contributed by atoms with Crippen LogP contribution in [0.1, 0.15) is 12.1 Å². The van der Waals surface area contributed by atoms with Gasteiger partial charge < -0.3 is 14.4 Å². The monoisotopic (exact) mass is 305 g/mol. The Labute approximate surface area is 128 Å². The number of benzene rings is 1. The summed E-state index contributed by atoms with van der Waals surface area (Å²) >= 11 is 5.80. The van der Waals surface area contributed by atoms with Gasteiger partial charge in [-0.2, -0.15) is 0 Å². The molecule has 21 heavy (non-hydrogen) atoms. The lowest BCUT2D eigenvalue weighted by molar-refractivity contribution is -0.131. The summed E-state index contributed by atoms with van der Waals surface area (Å²) in [6.45, 7) is 1.35. The van der Waals surface area contributed by atoms with Crippen molar-refractivity contribution in [1.29, 1.82) is 0 Å². The highest BCUT2D eigenvalue weighted by atomic mass is 35.5. The van der Waals surface area contributed by atoms with Crippen molar-refractivity contribution in [3.63, 3.8) is 0 Å². The van der Waals surface area contributed by atoms with Crippen LogP contribution in [0.25, 0.3) is 6.08 Å². The van der Waals surface area contributed by atoms with Gasteiger partial charge in [0.25, 0.3) is 0 Å². The molecule has 2 rings (SSSR count). The largest absolute Gasteiger partial charge is 0.494 e. The summed E-state index contributed by atoms with van der Waals surface area (Å²) in [6.07, 6.45) is 5.47. The average molecular weight is 306 g/mol. The average Bonchev–Trinajstić information content (AvgIpc) is 2.91. The van der Waals surface area contributed by atoms with Gasteiger partial charge in [0, 0.05) is 29.5 Å². The standard InChI is InChI=1S/C16H16ClNO3/c17-13-4-7-15(8-5-13)21-12-2-11-18-10-1-3-14(18)6-9-16(19)20/h1,3-10H,2,11-12H2,(H,19,20)/b9-6+. The van der Waals surface area contributed by atoms with Crippen LogP contribution in [0.15, 0.2) is 48.7 Å². The van der Waals surface area contributed by atoms with Gasteiger partial charge in [-0.3, -0.25) is 0 Å². The molecule has 0 aliphatic heterocycles. The number of ether oxygens (including phenoxy) is 1. The fourth-order valence-electron chi connectivity index (χ4n) is 1.89. The van der Waals surface area contributed by atoms with Gasteiger partial charge in [0.2, 0.25) is 0 Å². The predicted octanol–water partition coefficient (Wildman–Crippen LogP) is 3.71. The molecule has 2 aromatic rings. The molecule has 5 heteroatoms. The highest BCUT2D eigenvalue weighted by molar-refractivity contribution is 6.30. The minimum absolute atomic E-state index is 0.585. The number of carbonyl (C=O) groups is 1. The summed E-state index contributed by atoms with van der Waals surface area (Å²) in [5.74, 6) is -0.160. The molecule has 0 atom stereocenters. The molecule has 0 radical (unpaired) electrons. The summed E-state index contributed by atoms with van der Waals surface area (Å²) in [7, 11) is 0. The minimum Gasteiger partial charge on any atom is -0.494 e. The number of halogens is 1. The van der Waals surface area contributed by atoms with Gasteiger partial charge in [-0.25, -0.2) is 4.79 Å². The van der Waals surface area contributed by atoms with Crippen molar-refractivity contribution in [2.45, 2.75) is 13.0 Å². The lowest BCUT2D eigenvalue weighted by Gasteiger charge is -2.08. The topological polar surface area (TPSA) is 51.5 Å². The molecule has 1 N–H and O–H groups in total. The van der Waals surface area contributed by atoms with Crippen LogP contribution in [0.2, 0.25) is 5.02 Å². The van der Waals surface area contributed by atoms with E-state index in [0.717, 1.165) is 30.5 Å². The summed E-state index contributed by atoms with van der Waals surface area (Å²) in [5.41, 5.74) is 0.865. The zero-order valence-electron chi connectivity index (χ0n) is 11.4. The number of carboxylic acids is 1. The quantitative estimate of drug-likeness (QED) is 0.626. The number of carboxylic acid groups (broad SMARTS) is 1. The van der Waals surface area contributed by atoms with Gasteiger partial charge in [-0.15, -0.1) is 0 Å². The van der Waals surface area contributed by atoms with Gasteiger partial charge in [-0.1, -0.05) is 11.6 Å². The molecule has 0 fully saturated rings. The minimum atomic E-state index is -0.950. The van der Waals surface area contributed by atoms with E-state index in [0.29, 0.717) is 11.6 Å². The third kappa shape index (κ3) is 5.00. The molecule has 0 saturated carbocycles. The number of rotatable bonds is 7. The zero-order chi connectivity index (χ0) is 15.1. The highest BCUT2D eigenvalue weighted by Gasteiger charge is 1.99. The third-order valence-corrected chi connectivity index (χ3v) is 3.14. The summed E-state index contributed by atoms with van der Waals surface area (Å²) < 4.78 is 7.60. The van der Waals surface area contributed by atoms with Gasteiger partial charge in [-0.05, 0) is 48.9 Å². The molecular weight excluding hydrogens is 290 g/mol. The van der Waals surface area contributed by atoms with Crippen molar-refractivity contribution in [2.75, 3.05) is 6.61 Å². The van der Waals surface area contributed by atoms with E-state index >= 15 is 0 Å². The lowest BCUT2D eigenvalue weighted by atomic mass is 10.3. The van der Waals surface area contributed by atoms with Crippen LogP contribution >= 0.6 is 11.6 Å². The molecule has 0 saturated heterocycles. The summed E-state index contributed by atoms with van der Waals surface area (Å²) in [4.78, 5) is 10.5. The van der Waals surface area contributed by atoms with Crippen LogP contribution in [0, 0.1) is 0 Å². The number of nitrogens with zero attached hydrogens (tertiary/aromatic N) is 1. The number of aryl methyl sites for hydroxylation is 1. The van der Waals surface area contributed by atoms with Crippen molar-refractivity contribution < 1.29 is 14.6 Å². The molecule has 110 valence electrons. The Balaban J connectivity index is 1.80. The normalized spacial score (nSPS) is 10.9. The zero-order valence-corrected chi connectivity index (χ0v) is 12.2. The van der Waals surface area contributed by atoms with Crippen LogP contribution < -0.4 is 4.74 Å². The third-order valence-electron chi connectivity index (χ3n) is 2.89. The fraction of sp³-hybridized carbons (Fsp3) is 0.188. The smallest absolute Gasteiger partial charge is 0.328 e. The van der Waals surface area contributed by atoms with Gasteiger partial charge >= 0.3 is 5.97 Å². The van der Waals surface area contributed by atoms with E-state index in [2.05, 4.69) is 0 Å². The van der Waals surface area contributed by atoms with Crippen molar-refractivity contribution >= 4 is 23.6 Å². The van der Waals surface area contributed by atoms with Crippen molar-refractivity contribution in [3.8, 4) is 5.75 Å². The molecule has 0 bridgehead atoms. The van der Waals surface area contributed by atoms with Crippen LogP contribution in [-0.2, 0) is 11.3 Å². The Morgan fingerprint density at radius 3 is 2.76 bits per heavy atom. The van der Waals surface area contributed by atoms with Crippen molar-refractivity contribution in [2.24, 2.45) is 0 Å². The maximum absolute atomic E-state index is 10.5. The molecule has 0 unspecified atom stereocenters. The van der Waals surface area contributed by atoms with Crippen molar-refractivity contribution in [1.82, 2.24) is 4.57 Å². The van der Waals surface area contributed by atoms with E-state index in [1.165, 1.54) is 0 Å². The van der Waals surface area contributed by atoms with E-state index in [4.69, 9.17) is 21.4 Å². The van der Waals surface area contributed by atoms with Gasteiger partial charge in [0.15, 0.2) is 0 Å². The number of aliphatic carboxylic acids is 1. The molecular formula is C16H16ClNO3. The second-order valence-electron chi connectivity index (χ2n) is 4.45. The maximum atomic E-state index is 10.5.